The van der Waals surface area contributed by atoms with E-state index in [1.807, 2.05) is 18.2 Å². The lowest BCUT2D eigenvalue weighted by molar-refractivity contribution is 0.328. The second-order valence-electron chi connectivity index (χ2n) is 5.18. The minimum atomic E-state index is 0.211. The Morgan fingerprint density at radius 3 is 2.50 bits per heavy atom. The largest absolute Gasteiger partial charge is 0.356 e. The highest BCUT2D eigenvalue weighted by atomic mass is 15.3. The minimum absolute atomic E-state index is 0.211. The number of nitrogens with two attached hydrogens (primary N) is 1. The van der Waals surface area contributed by atoms with Crippen molar-refractivity contribution in [3.05, 3.63) is 18.2 Å². The van der Waals surface area contributed by atoms with E-state index >= 15 is 0 Å². The summed E-state index contributed by atoms with van der Waals surface area (Å²) >= 11 is 0. The lowest BCUT2D eigenvalue weighted by atomic mass is 9.87. The van der Waals surface area contributed by atoms with Gasteiger partial charge < -0.3 is 10.3 Å². The van der Waals surface area contributed by atoms with E-state index in [1.54, 1.807) is 0 Å². The van der Waals surface area contributed by atoms with Gasteiger partial charge >= 0.3 is 0 Å². The molecule has 0 aliphatic rings. The van der Waals surface area contributed by atoms with Crippen LogP contribution in [0.2, 0.25) is 0 Å². The summed E-state index contributed by atoms with van der Waals surface area (Å²) < 4.78 is 0. The molecule has 1 atom stereocenters. The molecule has 0 saturated carbocycles. The molecule has 0 aliphatic heterocycles. The fourth-order valence-electron chi connectivity index (χ4n) is 1.48. The molecule has 3 N–H and O–H groups in total. The molecular formula is C12H22N4. The Morgan fingerprint density at radius 2 is 2.00 bits per heavy atom. The standard InChI is InChI=1S/C12H22N4/c1-9(12(2,3)4)16(5)11-8-6-7-10(14-11)15-13/h6-9H,13H2,1-5H3,(H,14,15). The number of anilines is 2. The molecule has 0 fully saturated rings. The molecule has 4 heteroatoms. The third-order valence-corrected chi connectivity index (χ3v) is 3.08. The lowest BCUT2D eigenvalue weighted by Crippen LogP contribution is -2.39. The van der Waals surface area contributed by atoms with Crippen molar-refractivity contribution in [3.8, 4) is 0 Å². The van der Waals surface area contributed by atoms with Gasteiger partial charge in [-0.05, 0) is 24.5 Å². The fourth-order valence-corrected chi connectivity index (χ4v) is 1.48. The number of pyridine rings is 1. The van der Waals surface area contributed by atoms with E-state index < -0.39 is 0 Å². The highest BCUT2D eigenvalue weighted by Gasteiger charge is 2.24. The average Bonchev–Trinajstić information content (AvgIpc) is 2.26. The Balaban J connectivity index is 2.91. The van der Waals surface area contributed by atoms with E-state index in [-0.39, 0.29) is 5.41 Å². The molecule has 1 unspecified atom stereocenters. The van der Waals surface area contributed by atoms with Crippen LogP contribution in [-0.4, -0.2) is 18.1 Å². The summed E-state index contributed by atoms with van der Waals surface area (Å²) in [4.78, 5) is 6.58. The monoisotopic (exact) mass is 222 g/mol. The zero-order valence-corrected chi connectivity index (χ0v) is 10.8. The molecule has 0 saturated heterocycles. The SMILES string of the molecule is CC(N(C)c1cccc(NN)n1)C(C)(C)C. The van der Waals surface area contributed by atoms with Crippen LogP contribution in [0, 0.1) is 5.41 Å². The summed E-state index contributed by atoms with van der Waals surface area (Å²) in [6, 6.07) is 6.18. The molecule has 90 valence electrons. The number of nitrogens with one attached hydrogen (secondary N) is 1. The van der Waals surface area contributed by atoms with Crippen molar-refractivity contribution >= 4 is 11.6 Å². The summed E-state index contributed by atoms with van der Waals surface area (Å²) in [7, 11) is 2.05. The van der Waals surface area contributed by atoms with E-state index in [0.717, 1.165) is 5.82 Å². The molecule has 0 amide bonds. The summed E-state index contributed by atoms with van der Waals surface area (Å²) in [5, 5.41) is 0. The van der Waals surface area contributed by atoms with Crippen LogP contribution >= 0.6 is 0 Å². The third kappa shape index (κ3) is 2.85. The Bertz CT molecular complexity index is 343. The van der Waals surface area contributed by atoms with E-state index in [0.29, 0.717) is 11.9 Å². The second-order valence-corrected chi connectivity index (χ2v) is 5.18. The van der Waals surface area contributed by atoms with Crippen LogP contribution in [0.4, 0.5) is 11.6 Å². The quantitative estimate of drug-likeness (QED) is 0.608. The first-order chi connectivity index (χ1) is 7.36. The van der Waals surface area contributed by atoms with Crippen molar-refractivity contribution in [2.45, 2.75) is 33.7 Å². The van der Waals surface area contributed by atoms with Crippen LogP contribution in [0.15, 0.2) is 18.2 Å². The average molecular weight is 222 g/mol. The number of hydrogen-bond acceptors (Lipinski definition) is 4. The molecule has 0 aliphatic carbocycles. The van der Waals surface area contributed by atoms with Crippen molar-refractivity contribution in [2.24, 2.45) is 11.3 Å². The maximum atomic E-state index is 5.35. The molecule has 16 heavy (non-hydrogen) atoms. The second kappa shape index (κ2) is 4.70. The predicted octanol–water partition coefficient (Wildman–Crippen LogP) is 2.24. The topological polar surface area (TPSA) is 54.2 Å². The zero-order chi connectivity index (χ0) is 12.3. The molecule has 0 aromatic carbocycles. The van der Waals surface area contributed by atoms with Gasteiger partial charge in [0.25, 0.3) is 0 Å². The van der Waals surface area contributed by atoms with Crippen LogP contribution in [0.1, 0.15) is 27.7 Å². The Labute approximate surface area is 97.8 Å². The third-order valence-electron chi connectivity index (χ3n) is 3.08. The van der Waals surface area contributed by atoms with Crippen molar-refractivity contribution in [1.82, 2.24) is 4.98 Å². The normalized spacial score (nSPS) is 13.4. The number of aromatic nitrogens is 1. The van der Waals surface area contributed by atoms with E-state index in [4.69, 9.17) is 5.84 Å². The van der Waals surface area contributed by atoms with Gasteiger partial charge in [0.05, 0.1) is 0 Å². The van der Waals surface area contributed by atoms with Crippen molar-refractivity contribution in [1.29, 1.82) is 0 Å². The Morgan fingerprint density at radius 1 is 1.38 bits per heavy atom. The smallest absolute Gasteiger partial charge is 0.142 e. The molecule has 0 bridgehead atoms. The van der Waals surface area contributed by atoms with Crippen LogP contribution in [0.5, 0.6) is 0 Å². The first-order valence-corrected chi connectivity index (χ1v) is 5.52. The number of hydrazine groups is 1. The van der Waals surface area contributed by atoms with Gasteiger partial charge in [0.2, 0.25) is 0 Å². The molecule has 1 aromatic heterocycles. The van der Waals surface area contributed by atoms with E-state index in [2.05, 4.69) is 50.1 Å². The summed E-state index contributed by atoms with van der Waals surface area (Å²) in [5.74, 6) is 6.96. The number of nitrogen functional groups attached to an aromatic ring is 1. The maximum Gasteiger partial charge on any atom is 0.142 e. The molecular weight excluding hydrogens is 200 g/mol. The van der Waals surface area contributed by atoms with Crippen LogP contribution in [0.25, 0.3) is 0 Å². The molecule has 1 rings (SSSR count). The van der Waals surface area contributed by atoms with Crippen LogP contribution < -0.4 is 16.2 Å². The van der Waals surface area contributed by atoms with Gasteiger partial charge in [0.15, 0.2) is 0 Å². The molecule has 0 spiro atoms. The van der Waals surface area contributed by atoms with E-state index in [9.17, 15) is 0 Å². The molecule has 4 nitrogen and oxygen atoms in total. The highest BCUT2D eigenvalue weighted by Crippen LogP contribution is 2.26. The van der Waals surface area contributed by atoms with Gasteiger partial charge in [-0.3, -0.25) is 0 Å². The highest BCUT2D eigenvalue weighted by molar-refractivity contribution is 5.46. The van der Waals surface area contributed by atoms with Crippen LogP contribution in [0.3, 0.4) is 0 Å². The van der Waals surface area contributed by atoms with Crippen LogP contribution in [-0.2, 0) is 0 Å². The van der Waals surface area contributed by atoms with Gasteiger partial charge in [-0.2, -0.15) is 0 Å². The first kappa shape index (κ1) is 12.8. The van der Waals surface area contributed by atoms with Crippen molar-refractivity contribution < 1.29 is 0 Å². The Hall–Kier alpha value is -1.29. The van der Waals surface area contributed by atoms with Crippen molar-refractivity contribution in [3.63, 3.8) is 0 Å². The zero-order valence-electron chi connectivity index (χ0n) is 10.8. The van der Waals surface area contributed by atoms with Crippen molar-refractivity contribution in [2.75, 3.05) is 17.4 Å². The van der Waals surface area contributed by atoms with Gasteiger partial charge in [-0.15, -0.1) is 0 Å². The van der Waals surface area contributed by atoms with E-state index in [1.165, 1.54) is 0 Å². The number of rotatable bonds is 3. The van der Waals surface area contributed by atoms with Gasteiger partial charge in [-0.25, -0.2) is 10.8 Å². The van der Waals surface area contributed by atoms with Gasteiger partial charge in [-0.1, -0.05) is 26.8 Å². The summed E-state index contributed by atoms with van der Waals surface area (Å²) in [6.45, 7) is 8.86. The number of hydrogen-bond donors (Lipinski definition) is 2. The van der Waals surface area contributed by atoms with Gasteiger partial charge in [0, 0.05) is 13.1 Å². The predicted molar refractivity (Wildman–Crippen MR) is 69.4 cm³/mol. The molecule has 0 radical (unpaired) electrons. The fraction of sp³-hybridized carbons (Fsp3) is 0.583. The molecule has 1 heterocycles. The lowest BCUT2D eigenvalue weighted by Gasteiger charge is -2.36. The summed E-state index contributed by atoms with van der Waals surface area (Å²) in [5.41, 5.74) is 2.77. The minimum Gasteiger partial charge on any atom is -0.356 e. The first-order valence-electron chi connectivity index (χ1n) is 5.52. The van der Waals surface area contributed by atoms with Gasteiger partial charge in [0.1, 0.15) is 11.6 Å². The summed E-state index contributed by atoms with van der Waals surface area (Å²) in [6.07, 6.45) is 0. The number of nitrogens with zero attached hydrogens (tertiary/aromatic N) is 2. The maximum absolute atomic E-state index is 5.35. The molecule has 1 aromatic rings. The Kier molecular flexibility index (Phi) is 3.75.